The molecule has 0 saturated heterocycles. The molecule has 1 rings (SSSR count). The van der Waals surface area contributed by atoms with Crippen LogP contribution < -0.4 is 5.73 Å². The molecule has 3 N–H and O–H groups in total. The van der Waals surface area contributed by atoms with Gasteiger partial charge in [-0.3, -0.25) is 0 Å². The summed E-state index contributed by atoms with van der Waals surface area (Å²) in [5.74, 6) is 0.830. The second kappa shape index (κ2) is 7.37. The predicted octanol–water partition coefficient (Wildman–Crippen LogP) is 1.96. The second-order valence-corrected chi connectivity index (χ2v) is 4.62. The topological polar surface area (TPSA) is 80.7 Å². The number of nitrogens with zero attached hydrogens (tertiary/aromatic N) is 2. The fourth-order valence-electron chi connectivity index (χ4n) is 1.15. The van der Waals surface area contributed by atoms with Crippen molar-refractivity contribution in [3.05, 3.63) is 22.8 Å². The lowest BCUT2D eigenvalue weighted by Gasteiger charge is -2.06. The summed E-state index contributed by atoms with van der Waals surface area (Å²) >= 11 is 7.62. The van der Waals surface area contributed by atoms with Gasteiger partial charge in [-0.05, 0) is 12.5 Å². The summed E-state index contributed by atoms with van der Waals surface area (Å²) in [5.41, 5.74) is 5.98. The quantitative estimate of drug-likeness (QED) is 0.207. The standard InChI is InChI=1S/C10H14ClN3O2S/c1-16-5-2-6-17-10-8(11)7(3-4-13-10)9(12)14-15/h3-4,15H,2,5-6H2,1H3,(H2,12,14). The van der Waals surface area contributed by atoms with Crippen molar-refractivity contribution in [2.45, 2.75) is 11.4 Å². The number of halogens is 1. The Morgan fingerprint density at radius 3 is 3.12 bits per heavy atom. The first-order valence-corrected chi connectivity index (χ1v) is 6.31. The molecule has 94 valence electrons. The molecule has 1 aromatic heterocycles. The summed E-state index contributed by atoms with van der Waals surface area (Å²) < 4.78 is 4.95. The fourth-order valence-corrected chi connectivity index (χ4v) is 2.35. The number of aromatic nitrogens is 1. The molecule has 0 aromatic carbocycles. The molecule has 0 atom stereocenters. The van der Waals surface area contributed by atoms with Crippen LogP contribution in [0.2, 0.25) is 5.02 Å². The van der Waals surface area contributed by atoms with Crippen molar-refractivity contribution in [1.29, 1.82) is 0 Å². The van der Waals surface area contributed by atoms with Crippen LogP contribution in [0.4, 0.5) is 0 Å². The van der Waals surface area contributed by atoms with E-state index in [4.69, 9.17) is 27.3 Å². The third-order valence-electron chi connectivity index (χ3n) is 1.97. The van der Waals surface area contributed by atoms with Gasteiger partial charge in [0.15, 0.2) is 5.84 Å². The highest BCUT2D eigenvalue weighted by molar-refractivity contribution is 7.99. The molecule has 0 bridgehead atoms. The van der Waals surface area contributed by atoms with Gasteiger partial charge in [0.2, 0.25) is 0 Å². The first-order valence-electron chi connectivity index (χ1n) is 4.94. The first kappa shape index (κ1) is 14.1. The van der Waals surface area contributed by atoms with Crippen molar-refractivity contribution in [3.8, 4) is 0 Å². The third kappa shape index (κ3) is 4.07. The molecule has 5 nitrogen and oxygen atoms in total. The predicted molar refractivity (Wildman–Crippen MR) is 69.0 cm³/mol. The van der Waals surface area contributed by atoms with Crippen molar-refractivity contribution in [2.24, 2.45) is 10.9 Å². The zero-order chi connectivity index (χ0) is 12.7. The van der Waals surface area contributed by atoms with Gasteiger partial charge in [-0.25, -0.2) is 4.98 Å². The van der Waals surface area contributed by atoms with Crippen LogP contribution >= 0.6 is 23.4 Å². The van der Waals surface area contributed by atoms with E-state index in [9.17, 15) is 0 Å². The highest BCUT2D eigenvalue weighted by Crippen LogP contribution is 2.28. The maximum absolute atomic E-state index is 8.61. The Hall–Kier alpha value is -0.980. The van der Waals surface area contributed by atoms with E-state index in [-0.39, 0.29) is 5.84 Å². The van der Waals surface area contributed by atoms with Crippen LogP contribution in [0.15, 0.2) is 22.4 Å². The molecule has 0 aliphatic carbocycles. The molecule has 0 spiro atoms. The van der Waals surface area contributed by atoms with Crippen molar-refractivity contribution in [2.75, 3.05) is 19.5 Å². The van der Waals surface area contributed by atoms with Crippen molar-refractivity contribution in [1.82, 2.24) is 4.98 Å². The number of hydrogen-bond acceptors (Lipinski definition) is 5. The second-order valence-electron chi connectivity index (χ2n) is 3.16. The third-order valence-corrected chi connectivity index (χ3v) is 3.54. The van der Waals surface area contributed by atoms with E-state index < -0.39 is 0 Å². The molecular weight excluding hydrogens is 262 g/mol. The smallest absolute Gasteiger partial charge is 0.171 e. The minimum absolute atomic E-state index is 0.0175. The summed E-state index contributed by atoms with van der Waals surface area (Å²) in [6.45, 7) is 0.699. The van der Waals surface area contributed by atoms with Gasteiger partial charge in [-0.2, -0.15) is 0 Å². The van der Waals surface area contributed by atoms with Gasteiger partial charge < -0.3 is 15.7 Å². The Morgan fingerprint density at radius 2 is 2.47 bits per heavy atom. The Morgan fingerprint density at radius 1 is 1.71 bits per heavy atom. The average molecular weight is 276 g/mol. The number of amidine groups is 1. The van der Waals surface area contributed by atoms with Crippen LogP contribution in [0.5, 0.6) is 0 Å². The van der Waals surface area contributed by atoms with Crippen LogP contribution in [0.3, 0.4) is 0 Å². The van der Waals surface area contributed by atoms with E-state index in [1.165, 1.54) is 11.8 Å². The van der Waals surface area contributed by atoms with Gasteiger partial charge in [0.05, 0.1) is 5.02 Å². The normalized spacial score (nSPS) is 11.8. The molecule has 0 aliphatic heterocycles. The summed E-state index contributed by atoms with van der Waals surface area (Å²) in [6, 6.07) is 1.61. The monoisotopic (exact) mass is 275 g/mol. The number of thioether (sulfide) groups is 1. The van der Waals surface area contributed by atoms with Gasteiger partial charge >= 0.3 is 0 Å². The van der Waals surface area contributed by atoms with Crippen molar-refractivity contribution < 1.29 is 9.94 Å². The van der Waals surface area contributed by atoms with E-state index >= 15 is 0 Å². The first-order chi connectivity index (χ1) is 8.20. The van der Waals surface area contributed by atoms with Crippen molar-refractivity contribution in [3.63, 3.8) is 0 Å². The van der Waals surface area contributed by atoms with E-state index in [1.54, 1.807) is 19.4 Å². The summed E-state index contributed by atoms with van der Waals surface area (Å²) in [6.07, 6.45) is 2.49. The number of rotatable bonds is 6. The average Bonchev–Trinajstić information content (AvgIpc) is 2.35. The SMILES string of the molecule is COCCCSc1nccc(/C(N)=N/O)c1Cl. The zero-order valence-corrected chi connectivity index (χ0v) is 11.0. The lowest BCUT2D eigenvalue weighted by molar-refractivity contribution is 0.200. The Bertz CT molecular complexity index is 401. The molecule has 0 radical (unpaired) electrons. The van der Waals surface area contributed by atoms with Crippen LogP contribution in [-0.2, 0) is 4.74 Å². The van der Waals surface area contributed by atoms with Crippen molar-refractivity contribution >= 4 is 29.2 Å². The molecular formula is C10H14ClN3O2S. The number of oxime groups is 1. The molecule has 0 amide bonds. The Balaban J connectivity index is 2.73. The minimum Gasteiger partial charge on any atom is -0.409 e. The highest BCUT2D eigenvalue weighted by atomic mass is 35.5. The van der Waals surface area contributed by atoms with Crippen LogP contribution in [0, 0.1) is 0 Å². The largest absolute Gasteiger partial charge is 0.409 e. The zero-order valence-electron chi connectivity index (χ0n) is 9.39. The van der Waals surface area contributed by atoms with E-state index in [1.807, 2.05) is 0 Å². The Kier molecular flexibility index (Phi) is 6.10. The summed E-state index contributed by atoms with van der Waals surface area (Å²) in [5, 5.41) is 12.6. The molecule has 0 fully saturated rings. The number of pyridine rings is 1. The maximum atomic E-state index is 8.61. The van der Waals surface area contributed by atoms with Gasteiger partial charge in [-0.15, -0.1) is 11.8 Å². The van der Waals surface area contributed by atoms with Gasteiger partial charge in [0, 0.05) is 31.2 Å². The van der Waals surface area contributed by atoms with Crippen LogP contribution in [0.1, 0.15) is 12.0 Å². The van der Waals surface area contributed by atoms with E-state index in [0.29, 0.717) is 22.2 Å². The van der Waals surface area contributed by atoms with Crippen LogP contribution in [0.25, 0.3) is 0 Å². The summed E-state index contributed by atoms with van der Waals surface area (Å²) in [4.78, 5) is 4.15. The number of hydrogen-bond donors (Lipinski definition) is 2. The highest BCUT2D eigenvalue weighted by Gasteiger charge is 2.11. The maximum Gasteiger partial charge on any atom is 0.171 e. The lowest BCUT2D eigenvalue weighted by Crippen LogP contribution is -2.14. The summed E-state index contributed by atoms with van der Waals surface area (Å²) in [7, 11) is 1.66. The molecule has 7 heteroatoms. The molecule has 17 heavy (non-hydrogen) atoms. The minimum atomic E-state index is -0.0175. The fraction of sp³-hybridized carbons (Fsp3) is 0.400. The molecule has 0 saturated carbocycles. The number of methoxy groups -OCH3 is 1. The van der Waals surface area contributed by atoms with Gasteiger partial charge in [-0.1, -0.05) is 16.8 Å². The molecule has 0 unspecified atom stereocenters. The van der Waals surface area contributed by atoms with Crippen LogP contribution in [-0.4, -0.2) is 35.5 Å². The van der Waals surface area contributed by atoms with Gasteiger partial charge in [0.25, 0.3) is 0 Å². The Labute approximate surface area is 109 Å². The van der Waals surface area contributed by atoms with E-state index in [2.05, 4.69) is 10.1 Å². The van der Waals surface area contributed by atoms with E-state index in [0.717, 1.165) is 12.2 Å². The molecule has 1 aromatic rings. The lowest BCUT2D eigenvalue weighted by atomic mass is 10.2. The van der Waals surface area contributed by atoms with Gasteiger partial charge in [0.1, 0.15) is 5.03 Å². The molecule has 0 aliphatic rings. The number of nitrogens with two attached hydrogens (primary N) is 1. The molecule has 1 heterocycles. The number of ether oxygens (including phenoxy) is 1.